The predicted molar refractivity (Wildman–Crippen MR) is 298 cm³/mol. The second-order valence-electron chi connectivity index (χ2n) is 19.5. The molecule has 0 fully saturated rings. The van der Waals surface area contributed by atoms with Gasteiger partial charge in [0.2, 0.25) is 0 Å². The molecule has 0 radical (unpaired) electrons. The van der Waals surface area contributed by atoms with Gasteiger partial charge in [0.1, 0.15) is 0 Å². The van der Waals surface area contributed by atoms with Crippen LogP contribution in [-0.4, -0.2) is 0 Å². The van der Waals surface area contributed by atoms with Gasteiger partial charge in [-0.3, -0.25) is 0 Å². The van der Waals surface area contributed by atoms with Crippen molar-refractivity contribution < 1.29 is 0 Å². The van der Waals surface area contributed by atoms with Crippen molar-refractivity contribution in [3.63, 3.8) is 0 Å². The average molecular weight is 901 g/mol. The molecular formula is C68H56N2. The average Bonchev–Trinajstić information content (AvgIpc) is 3.64. The van der Waals surface area contributed by atoms with Crippen molar-refractivity contribution >= 4 is 46.3 Å². The van der Waals surface area contributed by atoms with Crippen molar-refractivity contribution in [2.24, 2.45) is 0 Å². The number of hydrogen-bond donors (Lipinski definition) is 0. The van der Waals surface area contributed by atoms with Gasteiger partial charge in [-0.05, 0) is 140 Å². The first-order valence-electron chi connectivity index (χ1n) is 24.4. The van der Waals surface area contributed by atoms with E-state index in [1.807, 2.05) is 0 Å². The third kappa shape index (κ3) is 8.54. The number of anilines is 6. The summed E-state index contributed by atoms with van der Waals surface area (Å²) < 4.78 is 0. The van der Waals surface area contributed by atoms with Crippen LogP contribution in [-0.2, 0) is 10.8 Å². The Labute approximate surface area is 414 Å². The molecule has 0 saturated carbocycles. The third-order valence-corrected chi connectivity index (χ3v) is 14.3. The number of benzene rings is 10. The molecule has 0 saturated heterocycles. The first-order valence-corrected chi connectivity index (χ1v) is 24.4. The highest BCUT2D eigenvalue weighted by Crippen LogP contribution is 2.51. The van der Waals surface area contributed by atoms with Gasteiger partial charge in [0.25, 0.3) is 0 Å². The largest absolute Gasteiger partial charge is 0.310 e. The summed E-state index contributed by atoms with van der Waals surface area (Å²) in [6, 6.07) is 92.4. The molecule has 70 heavy (non-hydrogen) atoms. The molecule has 1 aliphatic rings. The Kier molecular flexibility index (Phi) is 11.7. The van der Waals surface area contributed by atoms with E-state index in [2.05, 4.69) is 304 Å². The van der Waals surface area contributed by atoms with E-state index in [1.54, 1.807) is 0 Å². The lowest BCUT2D eigenvalue weighted by Gasteiger charge is -2.30. The van der Waals surface area contributed by atoms with Crippen molar-refractivity contribution in [2.45, 2.75) is 38.5 Å². The number of rotatable bonds is 12. The maximum absolute atomic E-state index is 2.41. The van der Waals surface area contributed by atoms with Crippen LogP contribution in [0.4, 0.5) is 34.1 Å². The van der Waals surface area contributed by atoms with Gasteiger partial charge >= 0.3 is 0 Å². The molecule has 0 atom stereocenters. The molecular weight excluding hydrogens is 845 g/mol. The molecule has 10 aromatic rings. The summed E-state index contributed by atoms with van der Waals surface area (Å²) in [7, 11) is 0. The Morgan fingerprint density at radius 1 is 0.314 bits per heavy atom. The zero-order valence-electron chi connectivity index (χ0n) is 40.3. The van der Waals surface area contributed by atoms with Crippen LogP contribution in [0.25, 0.3) is 45.5 Å². The summed E-state index contributed by atoms with van der Waals surface area (Å²) in [4.78, 5) is 4.73. The van der Waals surface area contributed by atoms with E-state index < -0.39 is 0 Å². The molecule has 0 spiro atoms. The Balaban J connectivity index is 0.853. The molecule has 0 unspecified atom stereocenters. The molecule has 11 rings (SSSR count). The lowest BCUT2D eigenvalue weighted by molar-refractivity contribution is 0.641. The van der Waals surface area contributed by atoms with Crippen molar-refractivity contribution in [1.29, 1.82) is 0 Å². The number of nitrogens with zero attached hydrogens (tertiary/aromatic N) is 2. The molecule has 338 valence electrons. The Morgan fingerprint density at radius 3 is 1.21 bits per heavy atom. The normalized spacial score (nSPS) is 12.6. The van der Waals surface area contributed by atoms with Crippen molar-refractivity contribution in [1.82, 2.24) is 0 Å². The van der Waals surface area contributed by atoms with Crippen LogP contribution in [0.2, 0.25) is 0 Å². The topological polar surface area (TPSA) is 6.48 Å². The fourth-order valence-corrected chi connectivity index (χ4v) is 10.3. The quantitative estimate of drug-likeness (QED) is 0.113. The lowest BCUT2D eigenvalue weighted by atomic mass is 9.77. The van der Waals surface area contributed by atoms with Gasteiger partial charge in [-0.1, -0.05) is 222 Å². The molecule has 10 aromatic carbocycles. The second-order valence-corrected chi connectivity index (χ2v) is 19.5. The Morgan fingerprint density at radius 2 is 0.686 bits per heavy atom. The van der Waals surface area contributed by atoms with Gasteiger partial charge in [-0.2, -0.15) is 0 Å². The van der Waals surface area contributed by atoms with Crippen LogP contribution in [0.3, 0.4) is 0 Å². The first-order chi connectivity index (χ1) is 34.2. The number of fused-ring (bicyclic) bond motifs is 3. The third-order valence-electron chi connectivity index (χ3n) is 14.3. The summed E-state index contributed by atoms with van der Waals surface area (Å²) in [5, 5.41) is 0. The van der Waals surface area contributed by atoms with E-state index in [1.165, 1.54) is 66.8 Å². The van der Waals surface area contributed by atoms with E-state index in [-0.39, 0.29) is 10.8 Å². The van der Waals surface area contributed by atoms with E-state index in [0.29, 0.717) is 0 Å². The van der Waals surface area contributed by atoms with Crippen LogP contribution in [0.5, 0.6) is 0 Å². The maximum atomic E-state index is 2.41. The van der Waals surface area contributed by atoms with Crippen molar-refractivity contribution in [2.75, 3.05) is 9.80 Å². The van der Waals surface area contributed by atoms with Gasteiger partial charge in [0.15, 0.2) is 0 Å². The minimum absolute atomic E-state index is 0.190. The first kappa shape index (κ1) is 44.1. The maximum Gasteiger partial charge on any atom is 0.0465 e. The van der Waals surface area contributed by atoms with Crippen molar-refractivity contribution in [3.8, 4) is 33.4 Å². The van der Waals surface area contributed by atoms with E-state index in [9.17, 15) is 0 Å². The van der Waals surface area contributed by atoms with E-state index in [4.69, 9.17) is 0 Å². The fourth-order valence-electron chi connectivity index (χ4n) is 10.3. The molecule has 1 aliphatic carbocycles. The fraction of sp³-hybridized carbons (Fsp3) is 0.0882. The Hall–Kier alpha value is -8.46. The van der Waals surface area contributed by atoms with Gasteiger partial charge in [-0.15, -0.1) is 0 Å². The van der Waals surface area contributed by atoms with Crippen LogP contribution in [0.15, 0.2) is 255 Å². The zero-order valence-corrected chi connectivity index (χ0v) is 40.3. The van der Waals surface area contributed by atoms with Crippen LogP contribution < -0.4 is 9.80 Å². The minimum Gasteiger partial charge on any atom is -0.310 e. The molecule has 2 nitrogen and oxygen atoms in total. The zero-order chi connectivity index (χ0) is 47.7. The van der Waals surface area contributed by atoms with Crippen LogP contribution in [0, 0.1) is 0 Å². The summed E-state index contributed by atoms with van der Waals surface area (Å²) >= 11 is 0. The molecule has 0 N–H and O–H groups in total. The minimum atomic E-state index is -0.261. The van der Waals surface area contributed by atoms with E-state index >= 15 is 0 Å². The van der Waals surface area contributed by atoms with Gasteiger partial charge in [-0.25, -0.2) is 0 Å². The smallest absolute Gasteiger partial charge is 0.0465 e. The monoisotopic (exact) mass is 900 g/mol. The molecule has 0 bridgehead atoms. The molecule has 0 aromatic heterocycles. The summed E-state index contributed by atoms with van der Waals surface area (Å²) in [6.07, 6.45) is 4.54. The van der Waals surface area contributed by atoms with Gasteiger partial charge < -0.3 is 9.80 Å². The highest BCUT2D eigenvalue weighted by molar-refractivity contribution is 5.87. The van der Waals surface area contributed by atoms with Gasteiger partial charge in [0, 0.05) is 45.0 Å². The van der Waals surface area contributed by atoms with Crippen molar-refractivity contribution in [3.05, 3.63) is 288 Å². The summed E-state index contributed by atoms with van der Waals surface area (Å²) in [5.74, 6) is 0. The molecule has 0 heterocycles. The van der Waals surface area contributed by atoms with Crippen LogP contribution in [0.1, 0.15) is 61.1 Å². The summed E-state index contributed by atoms with van der Waals surface area (Å²) in [6.45, 7) is 9.42. The second kappa shape index (κ2) is 18.6. The molecule has 2 heteroatoms. The summed E-state index contributed by atoms with van der Waals surface area (Å²) in [5.41, 5.74) is 21.4. The number of hydrogen-bond acceptors (Lipinski definition) is 2. The highest BCUT2D eigenvalue weighted by atomic mass is 15.1. The highest BCUT2D eigenvalue weighted by Gasteiger charge is 2.36. The van der Waals surface area contributed by atoms with E-state index in [0.717, 1.165) is 34.1 Å². The standard InChI is InChI=1S/C68H56N2/c1-67(2,56-25-18-30-61(47-56)69(57-26-13-7-14-27-57)59-38-34-53(35-39-59)51-20-9-5-10-21-51)55-24-17-19-49(45-55)31-32-50-33-43-63-64-44-42-62(48-66(64)68(3,4)65(63)46-50)70(58-28-15-8-16-29-58)60-40-36-54(37-41-60)52-22-11-6-12-23-52/h5-48H,1-4H3. The number of para-hydroxylation sites is 2. The SMILES string of the molecule is CC(C)(c1cccc(C=Cc2ccc3c(c2)C(C)(C)c2cc(N(c4ccccc4)c4ccc(-c5ccccc5)cc4)ccc2-3)c1)c1cccc(N(c2ccccc2)c2ccc(-c3ccccc3)cc2)c1. The Bertz CT molecular complexity index is 3440. The molecule has 0 aliphatic heterocycles. The predicted octanol–water partition coefficient (Wildman–Crippen LogP) is 18.8. The van der Waals surface area contributed by atoms with Gasteiger partial charge in [0.05, 0.1) is 0 Å². The lowest BCUT2D eigenvalue weighted by Crippen LogP contribution is -2.20. The molecule has 0 amide bonds. The van der Waals surface area contributed by atoms with Crippen LogP contribution >= 0.6 is 0 Å².